The molecule has 0 aliphatic rings. The predicted octanol–water partition coefficient (Wildman–Crippen LogP) is 4.34. The van der Waals surface area contributed by atoms with Crippen LogP contribution < -0.4 is 5.32 Å². The molecular weight excluding hydrogens is 523 g/mol. The van der Waals surface area contributed by atoms with Gasteiger partial charge in [0.2, 0.25) is 0 Å². The van der Waals surface area contributed by atoms with Crippen LogP contribution in [0.4, 0.5) is 30.7 Å². The van der Waals surface area contributed by atoms with Crippen molar-refractivity contribution in [1.29, 1.82) is 0 Å². The summed E-state index contributed by atoms with van der Waals surface area (Å²) in [5, 5.41) is 1.08. The monoisotopic (exact) mass is 555 g/mol. The molecule has 0 aromatic carbocycles. The zero-order valence-corrected chi connectivity index (χ0v) is 21.2. The molecule has 4 atom stereocenters. The SMILES string of the molecule is CCC(C)OC(=O)C(CC(C(=O)OC(C)CC)C(=O)OC(C)CC)NC(=O)C(F)(F)C(F)(F)C(F)(F)F. The molecule has 4 unspecified atom stereocenters. The molecule has 15 heteroatoms. The lowest BCUT2D eigenvalue weighted by Gasteiger charge is -2.29. The van der Waals surface area contributed by atoms with Crippen molar-refractivity contribution < 1.29 is 64.1 Å². The molecule has 8 nitrogen and oxygen atoms in total. The summed E-state index contributed by atoms with van der Waals surface area (Å²) in [4.78, 5) is 49.7. The Labute approximate surface area is 209 Å². The van der Waals surface area contributed by atoms with Crippen molar-refractivity contribution in [3.8, 4) is 0 Å². The third-order valence-electron chi connectivity index (χ3n) is 5.34. The van der Waals surface area contributed by atoms with Crippen LogP contribution in [0.5, 0.6) is 0 Å². The first kappa shape index (κ1) is 34.4. The number of ether oxygens (including phenoxy) is 3. The Balaban J connectivity index is 6.32. The van der Waals surface area contributed by atoms with Gasteiger partial charge in [-0.05, 0) is 40.0 Å². The van der Waals surface area contributed by atoms with Crippen LogP contribution in [0.3, 0.4) is 0 Å². The lowest BCUT2D eigenvalue weighted by atomic mass is 9.98. The van der Waals surface area contributed by atoms with E-state index in [2.05, 4.69) is 0 Å². The minimum Gasteiger partial charge on any atom is -0.462 e. The number of hydrogen-bond acceptors (Lipinski definition) is 7. The van der Waals surface area contributed by atoms with Gasteiger partial charge in [0.05, 0.1) is 18.3 Å². The highest BCUT2D eigenvalue weighted by Gasteiger charge is 2.76. The van der Waals surface area contributed by atoms with Crippen LogP contribution in [0.25, 0.3) is 0 Å². The molecule has 37 heavy (non-hydrogen) atoms. The molecule has 0 rings (SSSR count). The summed E-state index contributed by atoms with van der Waals surface area (Å²) in [6, 6.07) is -2.42. The number of esters is 3. The highest BCUT2D eigenvalue weighted by molar-refractivity contribution is 5.96. The maximum absolute atomic E-state index is 13.9. The molecule has 1 amide bonds. The van der Waals surface area contributed by atoms with Crippen LogP contribution >= 0.6 is 0 Å². The number of carbonyl (C=O) groups excluding carboxylic acids is 4. The van der Waals surface area contributed by atoms with Crippen LogP contribution in [-0.4, -0.2) is 66.2 Å². The van der Waals surface area contributed by atoms with Crippen molar-refractivity contribution in [3.05, 3.63) is 0 Å². The minimum atomic E-state index is -6.82. The van der Waals surface area contributed by atoms with Gasteiger partial charge in [-0.15, -0.1) is 0 Å². The maximum Gasteiger partial charge on any atom is 0.460 e. The van der Waals surface area contributed by atoms with Gasteiger partial charge < -0.3 is 19.5 Å². The molecule has 0 bridgehead atoms. The molecule has 0 aliphatic heterocycles. The first-order valence-corrected chi connectivity index (χ1v) is 11.5. The van der Waals surface area contributed by atoms with E-state index >= 15 is 0 Å². The number of rotatable bonds is 14. The van der Waals surface area contributed by atoms with Crippen molar-refractivity contribution >= 4 is 23.8 Å². The molecule has 0 aliphatic carbocycles. The smallest absolute Gasteiger partial charge is 0.460 e. The standard InChI is InChI=1S/C22H32F7NO7/c1-7-11(4)35-16(31)14(17(32)36-12(5)8-2)10-15(18(33)37-13(6)9-3)30-19(34)20(23,24)21(25,26)22(27,28)29/h11-15H,7-10H2,1-6H3,(H,30,34). The van der Waals surface area contributed by atoms with Crippen molar-refractivity contribution in [3.63, 3.8) is 0 Å². The van der Waals surface area contributed by atoms with Gasteiger partial charge in [-0.2, -0.15) is 30.7 Å². The van der Waals surface area contributed by atoms with Crippen LogP contribution in [0.15, 0.2) is 0 Å². The van der Waals surface area contributed by atoms with Gasteiger partial charge in [-0.1, -0.05) is 20.8 Å². The van der Waals surface area contributed by atoms with E-state index in [4.69, 9.17) is 14.2 Å². The van der Waals surface area contributed by atoms with Gasteiger partial charge in [0.25, 0.3) is 5.91 Å². The second-order valence-corrected chi connectivity index (χ2v) is 8.43. The first-order valence-electron chi connectivity index (χ1n) is 11.5. The van der Waals surface area contributed by atoms with Crippen molar-refractivity contribution in [2.75, 3.05) is 0 Å². The van der Waals surface area contributed by atoms with Gasteiger partial charge in [-0.3, -0.25) is 14.4 Å². The Hall–Kier alpha value is -2.61. The largest absolute Gasteiger partial charge is 0.462 e. The Bertz CT molecular complexity index is 781. The van der Waals surface area contributed by atoms with Crippen LogP contribution in [0.1, 0.15) is 67.2 Å². The van der Waals surface area contributed by atoms with Crippen LogP contribution in [0, 0.1) is 5.92 Å². The van der Waals surface area contributed by atoms with Crippen molar-refractivity contribution in [1.82, 2.24) is 5.32 Å². The van der Waals surface area contributed by atoms with E-state index in [0.29, 0.717) is 0 Å². The van der Waals surface area contributed by atoms with E-state index in [0.717, 1.165) is 5.32 Å². The third-order valence-corrected chi connectivity index (χ3v) is 5.34. The number of hydrogen-bond donors (Lipinski definition) is 1. The molecule has 0 radical (unpaired) electrons. The molecule has 0 fully saturated rings. The topological polar surface area (TPSA) is 108 Å². The van der Waals surface area contributed by atoms with E-state index in [1.165, 1.54) is 27.7 Å². The summed E-state index contributed by atoms with van der Waals surface area (Å²) in [5.74, 6) is -22.5. The fraction of sp³-hybridized carbons (Fsp3) is 0.818. The van der Waals surface area contributed by atoms with Crippen LogP contribution in [-0.2, 0) is 33.4 Å². The highest BCUT2D eigenvalue weighted by Crippen LogP contribution is 2.46. The summed E-state index contributed by atoms with van der Waals surface area (Å²) in [7, 11) is 0. The predicted molar refractivity (Wildman–Crippen MR) is 114 cm³/mol. The van der Waals surface area contributed by atoms with E-state index in [9.17, 15) is 49.9 Å². The van der Waals surface area contributed by atoms with E-state index < -0.39 is 78.5 Å². The molecule has 0 heterocycles. The lowest BCUT2D eigenvalue weighted by molar-refractivity contribution is -0.344. The van der Waals surface area contributed by atoms with Gasteiger partial charge in [0, 0.05) is 6.42 Å². The molecule has 0 aromatic rings. The second kappa shape index (κ2) is 13.8. The average molecular weight is 555 g/mol. The molecule has 0 saturated heterocycles. The van der Waals surface area contributed by atoms with Gasteiger partial charge >= 0.3 is 35.9 Å². The maximum atomic E-state index is 13.9. The van der Waals surface area contributed by atoms with Crippen molar-refractivity contribution in [2.24, 2.45) is 5.92 Å². The molecule has 0 spiro atoms. The Kier molecular flexibility index (Phi) is 12.8. The highest BCUT2D eigenvalue weighted by atomic mass is 19.4. The number of halogens is 7. The second-order valence-electron chi connectivity index (χ2n) is 8.43. The summed E-state index contributed by atoms with van der Waals surface area (Å²) in [5.41, 5.74) is 0. The third kappa shape index (κ3) is 9.33. The number of carbonyl (C=O) groups is 4. The Morgan fingerprint density at radius 2 is 1.03 bits per heavy atom. The number of amides is 1. The summed E-state index contributed by atoms with van der Waals surface area (Å²) < 4.78 is 107. The van der Waals surface area contributed by atoms with Gasteiger partial charge in [0.1, 0.15) is 6.04 Å². The number of alkyl halides is 7. The first-order chi connectivity index (χ1) is 16.8. The lowest BCUT2D eigenvalue weighted by Crippen LogP contribution is -2.61. The van der Waals surface area contributed by atoms with Gasteiger partial charge in [0.15, 0.2) is 5.92 Å². The fourth-order valence-electron chi connectivity index (χ4n) is 2.40. The zero-order valence-electron chi connectivity index (χ0n) is 21.2. The normalized spacial score (nSPS) is 16.6. The molecule has 0 aromatic heterocycles. The van der Waals surface area contributed by atoms with E-state index in [1.807, 2.05) is 0 Å². The fourth-order valence-corrected chi connectivity index (χ4v) is 2.40. The molecule has 216 valence electrons. The Morgan fingerprint density at radius 1 is 0.676 bits per heavy atom. The summed E-state index contributed by atoms with van der Waals surface area (Å²) in [6.07, 6.45) is -9.74. The van der Waals surface area contributed by atoms with E-state index in [1.54, 1.807) is 13.8 Å². The molecule has 1 N–H and O–H groups in total. The average Bonchev–Trinajstić information content (AvgIpc) is 2.79. The summed E-state index contributed by atoms with van der Waals surface area (Å²) >= 11 is 0. The zero-order chi connectivity index (χ0) is 29.4. The van der Waals surface area contributed by atoms with Gasteiger partial charge in [-0.25, -0.2) is 4.79 Å². The molecule has 0 saturated carbocycles. The van der Waals surface area contributed by atoms with E-state index in [-0.39, 0.29) is 19.3 Å². The summed E-state index contributed by atoms with van der Waals surface area (Å²) in [6.45, 7) is 8.95. The van der Waals surface area contributed by atoms with Crippen LogP contribution in [0.2, 0.25) is 0 Å². The quantitative estimate of drug-likeness (QED) is 0.147. The molecular formula is C22H32F7NO7. The van der Waals surface area contributed by atoms with Crippen molar-refractivity contribution in [2.45, 2.75) is 110 Å². The number of nitrogens with one attached hydrogen (secondary N) is 1. The minimum absolute atomic E-state index is 0.157. The Morgan fingerprint density at radius 3 is 1.35 bits per heavy atom.